The molecule has 0 bridgehead atoms. The van der Waals surface area contributed by atoms with Crippen molar-refractivity contribution in [2.45, 2.75) is 59.2 Å². The third-order valence-electron chi connectivity index (χ3n) is 4.03. The summed E-state index contributed by atoms with van der Waals surface area (Å²) in [6, 6.07) is 0. The molecule has 0 saturated carbocycles. The lowest BCUT2D eigenvalue weighted by Crippen LogP contribution is -2.08. The molecule has 24 heavy (non-hydrogen) atoms. The molecule has 0 aliphatic rings. The van der Waals surface area contributed by atoms with E-state index < -0.39 is 0 Å². The number of nitrogens with zero attached hydrogens (tertiary/aromatic N) is 9. The normalized spacial score (nSPS) is 11.5. The van der Waals surface area contributed by atoms with E-state index in [2.05, 4.69) is 30.9 Å². The van der Waals surface area contributed by atoms with Crippen LogP contribution in [0.4, 0.5) is 0 Å². The minimum Gasteiger partial charge on any atom is -0.253 e. The van der Waals surface area contributed by atoms with Crippen LogP contribution < -0.4 is 0 Å². The molecule has 0 unspecified atom stereocenters. The lowest BCUT2D eigenvalue weighted by Gasteiger charge is -2.10. The average Bonchev–Trinajstić information content (AvgIpc) is 3.34. The van der Waals surface area contributed by atoms with Crippen LogP contribution in [0.5, 0.6) is 0 Å². The fourth-order valence-corrected chi connectivity index (χ4v) is 2.61. The van der Waals surface area contributed by atoms with E-state index >= 15 is 0 Å². The predicted octanol–water partition coefficient (Wildman–Crippen LogP) is 1.09. The van der Waals surface area contributed by atoms with E-state index in [-0.39, 0.29) is 5.92 Å². The van der Waals surface area contributed by atoms with Gasteiger partial charge in [0.2, 0.25) is 0 Å². The Kier molecular flexibility index (Phi) is 4.97. The third-order valence-corrected chi connectivity index (χ3v) is 4.03. The molecule has 0 aliphatic carbocycles. The van der Waals surface area contributed by atoms with Gasteiger partial charge < -0.3 is 0 Å². The van der Waals surface area contributed by atoms with Gasteiger partial charge in [-0.05, 0) is 20.8 Å². The smallest absolute Gasteiger partial charge is 0.0865 e. The van der Waals surface area contributed by atoms with Crippen LogP contribution >= 0.6 is 0 Å². The Morgan fingerprint density at radius 3 is 1.58 bits per heavy atom. The van der Waals surface area contributed by atoms with Crippen molar-refractivity contribution in [2.24, 2.45) is 0 Å². The molecular formula is C15H23N9. The molecule has 3 aromatic rings. The van der Waals surface area contributed by atoms with Crippen LogP contribution in [0.1, 0.15) is 43.8 Å². The summed E-state index contributed by atoms with van der Waals surface area (Å²) in [4.78, 5) is 0. The summed E-state index contributed by atoms with van der Waals surface area (Å²) in [6.07, 6.45) is 7.47. The van der Waals surface area contributed by atoms with Gasteiger partial charge in [0.05, 0.1) is 17.1 Å². The molecule has 0 radical (unpaired) electrons. The first kappa shape index (κ1) is 16.3. The summed E-state index contributed by atoms with van der Waals surface area (Å²) in [5, 5.41) is 25.3. The van der Waals surface area contributed by atoms with Crippen molar-refractivity contribution in [1.29, 1.82) is 0 Å². The Hall–Kier alpha value is -2.58. The Labute approximate surface area is 140 Å². The SMILES string of the molecule is CCn1cc(CC(Cc2cn(CC)nn2)c2cn(CC)nn2)nn1. The second-order valence-corrected chi connectivity index (χ2v) is 5.74. The molecule has 128 valence electrons. The first-order chi connectivity index (χ1) is 11.7. The first-order valence-corrected chi connectivity index (χ1v) is 8.39. The maximum atomic E-state index is 4.34. The molecule has 0 saturated heterocycles. The van der Waals surface area contributed by atoms with E-state index in [0.717, 1.165) is 49.6 Å². The molecule has 9 heteroatoms. The number of rotatable bonds is 8. The van der Waals surface area contributed by atoms with Crippen molar-refractivity contribution in [1.82, 2.24) is 45.0 Å². The molecule has 0 aromatic carbocycles. The van der Waals surface area contributed by atoms with Crippen molar-refractivity contribution in [3.05, 3.63) is 35.7 Å². The molecule has 3 rings (SSSR count). The minimum absolute atomic E-state index is 0.148. The van der Waals surface area contributed by atoms with Gasteiger partial charge in [0.1, 0.15) is 0 Å². The van der Waals surface area contributed by atoms with Crippen molar-refractivity contribution in [2.75, 3.05) is 0 Å². The van der Waals surface area contributed by atoms with Gasteiger partial charge in [0, 0.05) is 57.0 Å². The summed E-state index contributed by atoms with van der Waals surface area (Å²) in [5.74, 6) is 0.148. The van der Waals surface area contributed by atoms with Crippen molar-refractivity contribution in [3.8, 4) is 0 Å². The summed E-state index contributed by atoms with van der Waals surface area (Å²) >= 11 is 0. The van der Waals surface area contributed by atoms with E-state index in [9.17, 15) is 0 Å². The van der Waals surface area contributed by atoms with Crippen molar-refractivity contribution >= 4 is 0 Å². The zero-order valence-electron chi connectivity index (χ0n) is 14.4. The maximum Gasteiger partial charge on any atom is 0.0865 e. The van der Waals surface area contributed by atoms with Gasteiger partial charge in [-0.25, -0.2) is 0 Å². The van der Waals surface area contributed by atoms with Crippen LogP contribution in [0.15, 0.2) is 18.6 Å². The average molecular weight is 329 g/mol. The van der Waals surface area contributed by atoms with Gasteiger partial charge in [-0.1, -0.05) is 15.6 Å². The Balaban J connectivity index is 1.81. The summed E-state index contributed by atoms with van der Waals surface area (Å²) < 4.78 is 5.51. The molecule has 9 nitrogen and oxygen atoms in total. The van der Waals surface area contributed by atoms with Gasteiger partial charge in [-0.2, -0.15) is 0 Å². The van der Waals surface area contributed by atoms with E-state index in [1.54, 1.807) is 0 Å². The fourth-order valence-electron chi connectivity index (χ4n) is 2.61. The maximum absolute atomic E-state index is 4.34. The standard InChI is InChI=1S/C15H23N9/c1-4-22-9-13(16-19-22)7-12(15-11-24(6-3)21-18-15)8-14-10-23(5-2)20-17-14/h9-12H,4-8H2,1-3H3. The summed E-state index contributed by atoms with van der Waals surface area (Å²) in [6.45, 7) is 8.57. The second-order valence-electron chi connectivity index (χ2n) is 5.74. The highest BCUT2D eigenvalue weighted by Gasteiger charge is 2.20. The Morgan fingerprint density at radius 2 is 1.17 bits per heavy atom. The van der Waals surface area contributed by atoms with Gasteiger partial charge in [0.15, 0.2) is 0 Å². The van der Waals surface area contributed by atoms with Gasteiger partial charge in [0.25, 0.3) is 0 Å². The van der Waals surface area contributed by atoms with Crippen LogP contribution in [0.2, 0.25) is 0 Å². The molecule has 0 fully saturated rings. The predicted molar refractivity (Wildman–Crippen MR) is 87.2 cm³/mol. The van der Waals surface area contributed by atoms with Crippen molar-refractivity contribution in [3.63, 3.8) is 0 Å². The number of hydrogen-bond acceptors (Lipinski definition) is 6. The third kappa shape index (κ3) is 3.66. The Morgan fingerprint density at radius 1 is 0.708 bits per heavy atom. The fraction of sp³-hybridized carbons (Fsp3) is 0.600. The van der Waals surface area contributed by atoms with Gasteiger partial charge in [-0.3, -0.25) is 14.0 Å². The van der Waals surface area contributed by atoms with Crippen LogP contribution in [0.25, 0.3) is 0 Å². The molecule has 0 aliphatic heterocycles. The highest BCUT2D eigenvalue weighted by molar-refractivity contribution is 5.12. The molecular weight excluding hydrogens is 306 g/mol. The van der Waals surface area contributed by atoms with E-state index in [0.29, 0.717) is 0 Å². The minimum atomic E-state index is 0.148. The highest BCUT2D eigenvalue weighted by atomic mass is 15.4. The number of aromatic nitrogens is 9. The second kappa shape index (κ2) is 7.33. The van der Waals surface area contributed by atoms with Crippen LogP contribution in [0.3, 0.4) is 0 Å². The lowest BCUT2D eigenvalue weighted by molar-refractivity contribution is 0.616. The van der Waals surface area contributed by atoms with Crippen LogP contribution in [-0.2, 0) is 32.5 Å². The van der Waals surface area contributed by atoms with Gasteiger partial charge in [-0.15, -0.1) is 15.3 Å². The van der Waals surface area contributed by atoms with Crippen LogP contribution in [0, 0.1) is 0 Å². The summed E-state index contributed by atoms with van der Waals surface area (Å²) in [5.41, 5.74) is 2.86. The topological polar surface area (TPSA) is 92.1 Å². The zero-order valence-corrected chi connectivity index (χ0v) is 14.4. The number of aryl methyl sites for hydroxylation is 3. The summed E-state index contributed by atoms with van der Waals surface area (Å²) in [7, 11) is 0. The number of hydrogen-bond donors (Lipinski definition) is 0. The molecule has 0 amide bonds. The molecule has 0 atom stereocenters. The van der Waals surface area contributed by atoms with Crippen LogP contribution in [-0.4, -0.2) is 45.0 Å². The Bertz CT molecular complexity index is 725. The highest BCUT2D eigenvalue weighted by Crippen LogP contribution is 2.22. The monoisotopic (exact) mass is 329 g/mol. The molecule has 0 spiro atoms. The lowest BCUT2D eigenvalue weighted by atomic mass is 9.95. The first-order valence-electron chi connectivity index (χ1n) is 8.39. The zero-order chi connectivity index (χ0) is 16.9. The molecule has 3 heterocycles. The van der Waals surface area contributed by atoms with E-state index in [1.807, 2.05) is 53.4 Å². The quantitative estimate of drug-likeness (QED) is 0.614. The van der Waals surface area contributed by atoms with E-state index in [1.165, 1.54) is 0 Å². The largest absolute Gasteiger partial charge is 0.253 e. The van der Waals surface area contributed by atoms with E-state index in [4.69, 9.17) is 0 Å². The molecule has 3 aromatic heterocycles. The van der Waals surface area contributed by atoms with Gasteiger partial charge >= 0.3 is 0 Å². The molecule has 0 N–H and O–H groups in total. The van der Waals surface area contributed by atoms with Crippen molar-refractivity contribution < 1.29 is 0 Å².